The third-order valence-corrected chi connectivity index (χ3v) is 2.66. The van der Waals surface area contributed by atoms with Crippen LogP contribution in [0.15, 0.2) is 6.07 Å². The third-order valence-electron chi connectivity index (χ3n) is 2.26. The van der Waals surface area contributed by atoms with Gasteiger partial charge in [-0.25, -0.2) is 0 Å². The molecule has 6 heteroatoms. The van der Waals surface area contributed by atoms with Crippen molar-refractivity contribution in [3.8, 4) is 5.75 Å². The van der Waals surface area contributed by atoms with Gasteiger partial charge in [-0.05, 0) is 19.4 Å². The maximum atomic E-state index is 12.6. The highest BCUT2D eigenvalue weighted by atomic mass is 35.5. The van der Waals surface area contributed by atoms with Gasteiger partial charge in [-0.2, -0.15) is 13.2 Å². The van der Waals surface area contributed by atoms with Gasteiger partial charge in [0, 0.05) is 22.8 Å². The quantitative estimate of drug-likeness (QED) is 0.864. The molecule has 0 fully saturated rings. The average Bonchev–Trinajstić information content (AvgIpc) is 2.31. The van der Waals surface area contributed by atoms with Crippen LogP contribution in [0.3, 0.4) is 0 Å². The average molecular weight is 285 g/mol. The van der Waals surface area contributed by atoms with Crippen LogP contribution < -0.4 is 0 Å². The third kappa shape index (κ3) is 3.78. The van der Waals surface area contributed by atoms with Crippen LogP contribution in [-0.2, 0) is 12.6 Å². The highest BCUT2D eigenvalue weighted by molar-refractivity contribution is 6.31. The lowest BCUT2D eigenvalue weighted by Gasteiger charge is -2.16. The predicted octanol–water partition coefficient (Wildman–Crippen LogP) is 3.93. The van der Waals surface area contributed by atoms with E-state index in [2.05, 4.69) is 0 Å². The standard InChI is InChI=1S/C10H10ClF3O2.C2H6/c1-5-8(11)4-7(10(12,13)14)6(2-3-15)9(5)16;1-2/h4,15-16H,2-3H2,1H3;1-2H3. The summed E-state index contributed by atoms with van der Waals surface area (Å²) in [7, 11) is 0. The molecule has 0 aliphatic heterocycles. The summed E-state index contributed by atoms with van der Waals surface area (Å²) in [5.41, 5.74) is -1.15. The predicted molar refractivity (Wildman–Crippen MR) is 65.0 cm³/mol. The monoisotopic (exact) mass is 284 g/mol. The Kier molecular flexibility index (Phi) is 6.49. The van der Waals surface area contributed by atoms with Gasteiger partial charge in [0.25, 0.3) is 0 Å². The number of aliphatic hydroxyl groups excluding tert-OH is 1. The first-order valence-corrected chi connectivity index (χ1v) is 5.85. The molecule has 0 radical (unpaired) electrons. The van der Waals surface area contributed by atoms with Crippen LogP contribution in [0.2, 0.25) is 5.02 Å². The zero-order valence-corrected chi connectivity index (χ0v) is 11.2. The molecule has 0 heterocycles. The van der Waals surface area contributed by atoms with Gasteiger partial charge >= 0.3 is 6.18 Å². The lowest BCUT2D eigenvalue weighted by molar-refractivity contribution is -0.138. The number of benzene rings is 1. The number of phenolic OH excluding ortho intramolecular Hbond substituents is 1. The van der Waals surface area contributed by atoms with E-state index < -0.39 is 24.1 Å². The van der Waals surface area contributed by atoms with Crippen molar-refractivity contribution in [2.45, 2.75) is 33.4 Å². The minimum absolute atomic E-state index is 0.147. The Morgan fingerprint density at radius 2 is 1.78 bits per heavy atom. The van der Waals surface area contributed by atoms with Gasteiger partial charge in [-0.1, -0.05) is 25.4 Å². The Hall–Kier alpha value is -0.940. The smallest absolute Gasteiger partial charge is 0.416 e. The molecule has 0 saturated carbocycles. The van der Waals surface area contributed by atoms with Crippen molar-refractivity contribution < 1.29 is 23.4 Å². The lowest BCUT2D eigenvalue weighted by Crippen LogP contribution is -2.11. The van der Waals surface area contributed by atoms with Crippen LogP contribution in [0.25, 0.3) is 0 Å². The lowest BCUT2D eigenvalue weighted by atomic mass is 10.00. The molecule has 1 aromatic rings. The Balaban J connectivity index is 0.00000137. The van der Waals surface area contributed by atoms with Gasteiger partial charge in [-0.3, -0.25) is 0 Å². The zero-order valence-electron chi connectivity index (χ0n) is 10.4. The van der Waals surface area contributed by atoms with Crippen molar-refractivity contribution in [2.75, 3.05) is 6.61 Å². The normalized spacial score (nSPS) is 10.9. The summed E-state index contributed by atoms with van der Waals surface area (Å²) in [6.45, 7) is 4.94. The number of aliphatic hydroxyl groups is 1. The summed E-state index contributed by atoms with van der Waals surface area (Å²) in [4.78, 5) is 0. The van der Waals surface area contributed by atoms with Gasteiger partial charge < -0.3 is 10.2 Å². The summed E-state index contributed by atoms with van der Waals surface area (Å²) in [6, 6.07) is 0.765. The molecule has 1 rings (SSSR count). The van der Waals surface area contributed by atoms with Crippen LogP contribution in [0.1, 0.15) is 30.5 Å². The van der Waals surface area contributed by atoms with E-state index in [1.807, 2.05) is 13.8 Å². The summed E-state index contributed by atoms with van der Waals surface area (Å²) in [5, 5.41) is 18.1. The second-order valence-electron chi connectivity index (χ2n) is 3.33. The molecule has 1 aromatic carbocycles. The van der Waals surface area contributed by atoms with E-state index in [9.17, 15) is 18.3 Å². The fourth-order valence-corrected chi connectivity index (χ4v) is 1.61. The molecule has 0 aromatic heterocycles. The number of rotatable bonds is 2. The van der Waals surface area contributed by atoms with E-state index in [-0.39, 0.29) is 22.6 Å². The molecular formula is C12H16ClF3O2. The van der Waals surface area contributed by atoms with E-state index in [0.717, 1.165) is 6.07 Å². The summed E-state index contributed by atoms with van der Waals surface area (Å²) in [6.07, 6.45) is -4.86. The van der Waals surface area contributed by atoms with E-state index in [1.54, 1.807) is 0 Å². The number of halogens is 4. The van der Waals surface area contributed by atoms with Crippen molar-refractivity contribution in [2.24, 2.45) is 0 Å². The summed E-state index contributed by atoms with van der Waals surface area (Å²) >= 11 is 5.57. The van der Waals surface area contributed by atoms with Gasteiger partial charge in [0.2, 0.25) is 0 Å². The topological polar surface area (TPSA) is 40.5 Å². The second-order valence-corrected chi connectivity index (χ2v) is 3.74. The van der Waals surface area contributed by atoms with Crippen LogP contribution >= 0.6 is 11.6 Å². The molecule has 2 nitrogen and oxygen atoms in total. The van der Waals surface area contributed by atoms with Crippen LogP contribution in [-0.4, -0.2) is 16.8 Å². The number of aromatic hydroxyl groups is 1. The highest BCUT2D eigenvalue weighted by Crippen LogP contribution is 2.40. The molecule has 0 bridgehead atoms. The van der Waals surface area contributed by atoms with Crippen molar-refractivity contribution in [3.63, 3.8) is 0 Å². The Morgan fingerprint density at radius 3 is 2.17 bits per heavy atom. The number of phenols is 1. The molecule has 104 valence electrons. The maximum absolute atomic E-state index is 12.6. The number of hydrogen-bond acceptors (Lipinski definition) is 2. The van der Waals surface area contributed by atoms with Crippen molar-refractivity contribution in [3.05, 3.63) is 27.8 Å². The molecule has 2 N–H and O–H groups in total. The fourth-order valence-electron chi connectivity index (χ4n) is 1.41. The van der Waals surface area contributed by atoms with Gasteiger partial charge in [0.1, 0.15) is 5.75 Å². The Bertz CT molecular complexity index is 403. The molecular weight excluding hydrogens is 269 g/mol. The van der Waals surface area contributed by atoms with Crippen molar-refractivity contribution in [1.82, 2.24) is 0 Å². The highest BCUT2D eigenvalue weighted by Gasteiger charge is 2.35. The first-order valence-electron chi connectivity index (χ1n) is 5.48. The van der Waals surface area contributed by atoms with Gasteiger partial charge in [0.05, 0.1) is 5.56 Å². The SMILES string of the molecule is CC.Cc1c(Cl)cc(C(F)(F)F)c(CCO)c1O. The first-order chi connectivity index (χ1) is 8.29. The molecule has 18 heavy (non-hydrogen) atoms. The maximum Gasteiger partial charge on any atom is 0.416 e. The Labute approximate surface area is 109 Å². The largest absolute Gasteiger partial charge is 0.507 e. The van der Waals surface area contributed by atoms with Crippen LogP contribution in [0.4, 0.5) is 13.2 Å². The summed E-state index contributed by atoms with van der Waals surface area (Å²) in [5.74, 6) is -0.506. The number of hydrogen-bond donors (Lipinski definition) is 2. The molecule has 0 aliphatic carbocycles. The van der Waals surface area contributed by atoms with Crippen LogP contribution in [0.5, 0.6) is 5.75 Å². The van der Waals surface area contributed by atoms with Crippen molar-refractivity contribution >= 4 is 11.6 Å². The molecule has 0 unspecified atom stereocenters. The van der Waals surface area contributed by atoms with Gasteiger partial charge in [0.15, 0.2) is 0 Å². The fraction of sp³-hybridized carbons (Fsp3) is 0.500. The molecule has 0 atom stereocenters. The second kappa shape index (κ2) is 6.85. The minimum atomic E-state index is -4.60. The van der Waals surface area contributed by atoms with Gasteiger partial charge in [-0.15, -0.1) is 0 Å². The molecule has 0 saturated heterocycles. The molecule has 0 amide bonds. The van der Waals surface area contributed by atoms with Crippen molar-refractivity contribution in [1.29, 1.82) is 0 Å². The van der Waals surface area contributed by atoms with E-state index in [0.29, 0.717) is 0 Å². The van der Waals surface area contributed by atoms with E-state index in [4.69, 9.17) is 16.7 Å². The zero-order chi connectivity index (χ0) is 14.5. The minimum Gasteiger partial charge on any atom is -0.507 e. The molecule has 0 spiro atoms. The first kappa shape index (κ1) is 17.1. The Morgan fingerprint density at radius 1 is 1.28 bits per heavy atom. The molecule has 0 aliphatic rings. The van der Waals surface area contributed by atoms with E-state index in [1.165, 1.54) is 6.92 Å². The van der Waals surface area contributed by atoms with Crippen LogP contribution in [0, 0.1) is 6.92 Å². The van der Waals surface area contributed by atoms with E-state index >= 15 is 0 Å². The summed E-state index contributed by atoms with van der Waals surface area (Å²) < 4.78 is 37.8. The number of alkyl halides is 3.